The van der Waals surface area contributed by atoms with Crippen molar-refractivity contribution in [2.24, 2.45) is 5.92 Å². The molecule has 1 unspecified atom stereocenters. The van der Waals surface area contributed by atoms with Gasteiger partial charge in [0.25, 0.3) is 0 Å². The molecule has 0 saturated carbocycles. The minimum atomic E-state index is -3.37. The topological polar surface area (TPSA) is 58.2 Å². The zero-order valence-corrected chi connectivity index (χ0v) is 12.0. The highest BCUT2D eigenvalue weighted by molar-refractivity contribution is 7.89. The van der Waals surface area contributed by atoms with Gasteiger partial charge in [0.1, 0.15) is 0 Å². The predicted molar refractivity (Wildman–Crippen MR) is 73.9 cm³/mol. The molecule has 1 aromatic carbocycles. The molecule has 102 valence electrons. The molecule has 1 aromatic rings. The third-order valence-corrected chi connectivity index (χ3v) is 4.41. The number of benzene rings is 1. The molecule has 1 rings (SSSR count). The second kappa shape index (κ2) is 6.87. The molecule has 4 nitrogen and oxygen atoms in total. The molecule has 0 aliphatic carbocycles. The molecule has 0 saturated heterocycles. The molecule has 0 aliphatic rings. The quantitative estimate of drug-likeness (QED) is 0.740. The highest BCUT2D eigenvalue weighted by atomic mass is 32.2. The Morgan fingerprint density at radius 3 is 2.22 bits per heavy atom. The first-order chi connectivity index (χ1) is 8.43. The van der Waals surface area contributed by atoms with Crippen LogP contribution in [0.15, 0.2) is 35.2 Å². The minimum Gasteiger partial charge on any atom is -0.313 e. The maximum absolute atomic E-state index is 11.9. The lowest BCUT2D eigenvalue weighted by atomic mass is 10.1. The van der Waals surface area contributed by atoms with E-state index in [1.165, 1.54) is 0 Å². The average molecular weight is 270 g/mol. The van der Waals surface area contributed by atoms with Crippen molar-refractivity contribution < 1.29 is 8.42 Å². The van der Waals surface area contributed by atoms with Gasteiger partial charge in [0.05, 0.1) is 4.90 Å². The van der Waals surface area contributed by atoms with E-state index in [1.54, 1.807) is 30.3 Å². The molecule has 18 heavy (non-hydrogen) atoms. The highest BCUT2D eigenvalue weighted by Gasteiger charge is 2.12. The van der Waals surface area contributed by atoms with Crippen LogP contribution in [0.4, 0.5) is 0 Å². The lowest BCUT2D eigenvalue weighted by Gasteiger charge is -2.17. The average Bonchev–Trinajstić information content (AvgIpc) is 2.35. The van der Waals surface area contributed by atoms with Crippen LogP contribution >= 0.6 is 0 Å². The van der Waals surface area contributed by atoms with E-state index in [0.717, 1.165) is 0 Å². The first-order valence-corrected chi connectivity index (χ1v) is 7.70. The fraction of sp³-hybridized carbons (Fsp3) is 0.538. The van der Waals surface area contributed by atoms with Crippen molar-refractivity contribution in [3.63, 3.8) is 0 Å². The summed E-state index contributed by atoms with van der Waals surface area (Å²) < 4.78 is 26.3. The van der Waals surface area contributed by atoms with Crippen LogP contribution in [-0.4, -0.2) is 27.5 Å². The summed E-state index contributed by atoms with van der Waals surface area (Å²) in [5.41, 5.74) is 0. The number of rotatable bonds is 7. The summed E-state index contributed by atoms with van der Waals surface area (Å²) in [6.07, 6.45) is 0. The third-order valence-electron chi connectivity index (χ3n) is 2.94. The van der Waals surface area contributed by atoms with Crippen LogP contribution in [0.2, 0.25) is 0 Å². The van der Waals surface area contributed by atoms with Crippen molar-refractivity contribution in [1.82, 2.24) is 10.0 Å². The fourth-order valence-electron chi connectivity index (χ4n) is 1.40. The van der Waals surface area contributed by atoms with Crippen LogP contribution in [0.5, 0.6) is 0 Å². The standard InChI is InChI=1S/C13H22N2O2S/c1-11(2)12(3)14-9-10-15-18(16,17)13-7-5-4-6-8-13/h4-8,11-12,14-15H,9-10H2,1-3H3. The molecule has 0 heterocycles. The predicted octanol–water partition coefficient (Wildman–Crippen LogP) is 1.60. The summed E-state index contributed by atoms with van der Waals surface area (Å²) in [5.74, 6) is 0.538. The summed E-state index contributed by atoms with van der Waals surface area (Å²) >= 11 is 0. The molecule has 5 heteroatoms. The molecule has 0 bridgehead atoms. The van der Waals surface area contributed by atoms with Gasteiger partial charge in [0.15, 0.2) is 0 Å². The Morgan fingerprint density at radius 1 is 1.06 bits per heavy atom. The maximum Gasteiger partial charge on any atom is 0.240 e. The summed E-state index contributed by atoms with van der Waals surface area (Å²) in [6.45, 7) is 7.38. The molecule has 0 spiro atoms. The third kappa shape index (κ3) is 4.76. The van der Waals surface area contributed by atoms with Gasteiger partial charge in [-0.15, -0.1) is 0 Å². The minimum absolute atomic E-state index is 0.307. The van der Waals surface area contributed by atoms with Crippen molar-refractivity contribution in [1.29, 1.82) is 0 Å². The van der Waals surface area contributed by atoms with Gasteiger partial charge in [0.2, 0.25) is 10.0 Å². The molecule has 2 N–H and O–H groups in total. The maximum atomic E-state index is 11.9. The monoisotopic (exact) mass is 270 g/mol. The van der Waals surface area contributed by atoms with Crippen molar-refractivity contribution >= 4 is 10.0 Å². The molecule has 0 aliphatic heterocycles. The van der Waals surface area contributed by atoms with Gasteiger partial charge in [-0.1, -0.05) is 32.0 Å². The Morgan fingerprint density at radius 2 is 1.67 bits per heavy atom. The largest absolute Gasteiger partial charge is 0.313 e. The van der Waals surface area contributed by atoms with E-state index >= 15 is 0 Å². The fourth-order valence-corrected chi connectivity index (χ4v) is 2.46. The van der Waals surface area contributed by atoms with Crippen molar-refractivity contribution in [3.05, 3.63) is 30.3 Å². The van der Waals surface area contributed by atoms with E-state index in [4.69, 9.17) is 0 Å². The molecule has 0 amide bonds. The van der Waals surface area contributed by atoms with E-state index in [0.29, 0.717) is 29.9 Å². The Balaban J connectivity index is 2.40. The van der Waals surface area contributed by atoms with Gasteiger partial charge < -0.3 is 5.32 Å². The molecule has 0 fully saturated rings. The van der Waals surface area contributed by atoms with Crippen molar-refractivity contribution in [2.75, 3.05) is 13.1 Å². The Bertz CT molecular complexity index is 443. The number of hydrogen-bond acceptors (Lipinski definition) is 3. The smallest absolute Gasteiger partial charge is 0.240 e. The second-order valence-corrected chi connectivity index (χ2v) is 6.46. The molecule has 0 aromatic heterocycles. The normalized spacial score (nSPS) is 13.8. The first-order valence-electron chi connectivity index (χ1n) is 6.21. The lowest BCUT2D eigenvalue weighted by molar-refractivity contribution is 0.429. The van der Waals surface area contributed by atoms with E-state index in [2.05, 4.69) is 30.8 Å². The van der Waals surface area contributed by atoms with Crippen LogP contribution in [0.25, 0.3) is 0 Å². The molecule has 0 radical (unpaired) electrons. The summed E-state index contributed by atoms with van der Waals surface area (Å²) in [6, 6.07) is 8.79. The van der Waals surface area contributed by atoms with E-state index in [1.807, 2.05) is 0 Å². The van der Waals surface area contributed by atoms with Crippen LogP contribution in [0.3, 0.4) is 0 Å². The molecule has 1 atom stereocenters. The number of nitrogens with one attached hydrogen (secondary N) is 2. The van der Waals surface area contributed by atoms with Crippen molar-refractivity contribution in [2.45, 2.75) is 31.7 Å². The summed E-state index contributed by atoms with van der Waals surface area (Å²) in [4.78, 5) is 0.307. The van der Waals surface area contributed by atoms with Gasteiger partial charge in [-0.25, -0.2) is 13.1 Å². The van der Waals surface area contributed by atoms with Gasteiger partial charge in [-0.2, -0.15) is 0 Å². The van der Waals surface area contributed by atoms with E-state index in [-0.39, 0.29) is 0 Å². The Hall–Kier alpha value is -0.910. The zero-order valence-electron chi connectivity index (χ0n) is 11.2. The first kappa shape index (κ1) is 15.1. The Labute approximate surface area is 110 Å². The summed E-state index contributed by atoms with van der Waals surface area (Å²) in [5, 5.41) is 3.28. The van der Waals surface area contributed by atoms with Crippen LogP contribution in [0.1, 0.15) is 20.8 Å². The second-order valence-electron chi connectivity index (χ2n) is 4.70. The van der Waals surface area contributed by atoms with Gasteiger partial charge in [-0.05, 0) is 25.0 Å². The summed E-state index contributed by atoms with van der Waals surface area (Å²) in [7, 11) is -3.37. The van der Waals surface area contributed by atoms with Crippen LogP contribution < -0.4 is 10.0 Å². The van der Waals surface area contributed by atoms with Gasteiger partial charge in [0, 0.05) is 19.1 Å². The van der Waals surface area contributed by atoms with Gasteiger partial charge in [-0.3, -0.25) is 0 Å². The van der Waals surface area contributed by atoms with Crippen molar-refractivity contribution in [3.8, 4) is 0 Å². The zero-order chi connectivity index (χ0) is 13.6. The molecular weight excluding hydrogens is 248 g/mol. The van der Waals surface area contributed by atoms with Gasteiger partial charge >= 0.3 is 0 Å². The molecular formula is C13H22N2O2S. The van der Waals surface area contributed by atoms with E-state index in [9.17, 15) is 8.42 Å². The van der Waals surface area contributed by atoms with Crippen LogP contribution in [-0.2, 0) is 10.0 Å². The SMILES string of the molecule is CC(C)C(C)NCCNS(=O)(=O)c1ccccc1. The van der Waals surface area contributed by atoms with Crippen LogP contribution in [0, 0.1) is 5.92 Å². The number of sulfonamides is 1. The van der Waals surface area contributed by atoms with E-state index < -0.39 is 10.0 Å². The number of hydrogen-bond donors (Lipinski definition) is 2. The highest BCUT2D eigenvalue weighted by Crippen LogP contribution is 2.06. The lowest BCUT2D eigenvalue weighted by Crippen LogP contribution is -2.37. The Kier molecular flexibility index (Phi) is 5.78.